The molecule has 1 aromatic carbocycles. The number of piperidine rings is 1. The Morgan fingerprint density at radius 3 is 2.22 bits per heavy atom. The first-order valence-electron chi connectivity index (χ1n) is 11.8. The van der Waals surface area contributed by atoms with Gasteiger partial charge in [0.25, 0.3) is 0 Å². The maximum absolute atomic E-state index is 11.9. The highest BCUT2D eigenvalue weighted by Crippen LogP contribution is 2.35. The lowest BCUT2D eigenvalue weighted by atomic mass is 9.79. The number of rotatable bonds is 8. The second-order valence-electron chi connectivity index (χ2n) is 8.73. The highest BCUT2D eigenvalue weighted by atomic mass is 127. The van der Waals surface area contributed by atoms with E-state index >= 15 is 0 Å². The van der Waals surface area contributed by atoms with E-state index in [4.69, 9.17) is 4.99 Å². The Bertz CT molecular complexity index is 817. The van der Waals surface area contributed by atoms with Crippen molar-refractivity contribution >= 4 is 40.0 Å². The van der Waals surface area contributed by atoms with Gasteiger partial charge in [-0.25, -0.2) is 18.1 Å². The van der Waals surface area contributed by atoms with Gasteiger partial charge in [0.2, 0.25) is 10.0 Å². The highest BCUT2D eigenvalue weighted by Gasteiger charge is 2.38. The summed E-state index contributed by atoms with van der Waals surface area (Å²) in [5.74, 6) is 0.830. The Balaban J connectivity index is 0.00000363. The van der Waals surface area contributed by atoms with E-state index in [-0.39, 0.29) is 34.4 Å². The lowest BCUT2D eigenvalue weighted by Gasteiger charge is -2.48. The molecule has 0 spiro atoms. The lowest BCUT2D eigenvalue weighted by molar-refractivity contribution is 0.0368. The van der Waals surface area contributed by atoms with Crippen molar-refractivity contribution < 1.29 is 8.42 Å². The Hall–Kier alpha value is -0.910. The van der Waals surface area contributed by atoms with Gasteiger partial charge in [-0.2, -0.15) is 0 Å². The topological polar surface area (TPSA) is 85.8 Å². The Kier molecular flexibility index (Phi) is 11.2. The van der Waals surface area contributed by atoms with Crippen LogP contribution in [0.15, 0.2) is 34.2 Å². The molecule has 7 nitrogen and oxygen atoms in total. The van der Waals surface area contributed by atoms with Gasteiger partial charge in [-0.05, 0) is 70.4 Å². The molecule has 3 rings (SSSR count). The number of hydrogen-bond donors (Lipinski definition) is 3. The van der Waals surface area contributed by atoms with Crippen LogP contribution in [0.4, 0.5) is 0 Å². The van der Waals surface area contributed by atoms with Crippen LogP contribution in [-0.4, -0.2) is 58.0 Å². The van der Waals surface area contributed by atoms with E-state index in [1.54, 1.807) is 12.1 Å². The molecule has 1 saturated carbocycles. The number of aliphatic imine (C=N–C) groups is 1. The van der Waals surface area contributed by atoms with Gasteiger partial charge in [0.1, 0.15) is 0 Å². The molecule has 9 heteroatoms. The highest BCUT2D eigenvalue weighted by molar-refractivity contribution is 14.0. The molecule has 1 aliphatic carbocycles. The molecule has 0 aromatic heterocycles. The van der Waals surface area contributed by atoms with Crippen LogP contribution < -0.4 is 15.4 Å². The van der Waals surface area contributed by atoms with Crippen LogP contribution in [0.25, 0.3) is 0 Å². The van der Waals surface area contributed by atoms with E-state index < -0.39 is 10.0 Å². The SMILES string of the molecule is CCNC(=NCc1ccc(S(=O)(=O)NC)cc1)NCC1(N2CCCCC2)CCCCC1.I. The standard InChI is InChI=1S/C23H39N5O2S.HI/c1-3-25-22(26-18-20-10-12-21(13-11-20)31(29,30)24-2)27-19-23(14-6-4-7-15-23)28-16-8-5-9-17-28;/h10-13,24H,3-9,14-19H2,1-2H3,(H2,25,26,27);1H. The van der Waals surface area contributed by atoms with Crippen LogP contribution in [0.1, 0.15) is 63.9 Å². The first kappa shape index (κ1) is 27.3. The van der Waals surface area contributed by atoms with Gasteiger partial charge in [0, 0.05) is 18.6 Å². The average Bonchev–Trinajstić information content (AvgIpc) is 2.82. The van der Waals surface area contributed by atoms with Crippen LogP contribution in [0.5, 0.6) is 0 Å². The molecular formula is C23H40IN5O2S. The number of nitrogens with zero attached hydrogens (tertiary/aromatic N) is 2. The first-order valence-corrected chi connectivity index (χ1v) is 13.3. The van der Waals surface area contributed by atoms with E-state index in [9.17, 15) is 8.42 Å². The number of benzene rings is 1. The summed E-state index contributed by atoms with van der Waals surface area (Å²) >= 11 is 0. The van der Waals surface area contributed by atoms with E-state index in [0.717, 1.165) is 24.6 Å². The smallest absolute Gasteiger partial charge is 0.240 e. The van der Waals surface area contributed by atoms with E-state index in [0.29, 0.717) is 6.54 Å². The number of hydrogen-bond acceptors (Lipinski definition) is 4. The number of sulfonamides is 1. The molecular weight excluding hydrogens is 537 g/mol. The van der Waals surface area contributed by atoms with E-state index in [2.05, 4.69) is 27.2 Å². The fourth-order valence-corrected chi connectivity index (χ4v) is 5.57. The zero-order valence-corrected chi connectivity index (χ0v) is 22.7. The van der Waals surface area contributed by atoms with Crippen LogP contribution in [0.3, 0.4) is 0 Å². The molecule has 1 aromatic rings. The maximum Gasteiger partial charge on any atom is 0.240 e. The second-order valence-corrected chi connectivity index (χ2v) is 10.6. The summed E-state index contributed by atoms with van der Waals surface area (Å²) in [6.45, 7) is 6.76. The molecule has 2 fully saturated rings. The van der Waals surface area contributed by atoms with E-state index in [1.807, 2.05) is 12.1 Å². The third kappa shape index (κ3) is 7.30. The molecule has 0 bridgehead atoms. The fourth-order valence-electron chi connectivity index (χ4n) is 4.84. The first-order chi connectivity index (χ1) is 15.0. The van der Waals surface area contributed by atoms with E-state index in [1.165, 1.54) is 71.5 Å². The molecule has 1 aliphatic heterocycles. The summed E-state index contributed by atoms with van der Waals surface area (Å²) in [5.41, 5.74) is 1.23. The van der Waals surface area contributed by atoms with Gasteiger partial charge in [0.05, 0.1) is 11.4 Å². The fraction of sp³-hybridized carbons (Fsp3) is 0.696. The summed E-state index contributed by atoms with van der Waals surface area (Å²) < 4.78 is 26.1. The average molecular weight is 578 g/mol. The molecule has 0 radical (unpaired) electrons. The van der Waals surface area contributed by atoms with Gasteiger partial charge in [-0.3, -0.25) is 4.90 Å². The minimum absolute atomic E-state index is 0. The van der Waals surface area contributed by atoms with Crippen molar-refractivity contribution in [1.29, 1.82) is 0 Å². The zero-order valence-electron chi connectivity index (χ0n) is 19.5. The number of guanidine groups is 1. The molecule has 0 amide bonds. The predicted molar refractivity (Wildman–Crippen MR) is 142 cm³/mol. The van der Waals surface area contributed by atoms with Crippen molar-refractivity contribution in [3.05, 3.63) is 29.8 Å². The molecule has 3 N–H and O–H groups in total. The van der Waals surface area contributed by atoms with Crippen molar-refractivity contribution in [3.63, 3.8) is 0 Å². The summed E-state index contributed by atoms with van der Waals surface area (Å²) in [4.78, 5) is 7.78. The summed E-state index contributed by atoms with van der Waals surface area (Å²) in [6, 6.07) is 6.91. The van der Waals surface area contributed by atoms with Crippen molar-refractivity contribution in [2.24, 2.45) is 4.99 Å². The van der Waals surface area contributed by atoms with Crippen molar-refractivity contribution in [2.75, 3.05) is 33.2 Å². The number of nitrogens with one attached hydrogen (secondary N) is 3. The van der Waals surface area contributed by atoms with Gasteiger partial charge in [-0.15, -0.1) is 24.0 Å². The Labute approximate surface area is 211 Å². The molecule has 32 heavy (non-hydrogen) atoms. The van der Waals surface area contributed by atoms with Gasteiger partial charge in [-0.1, -0.05) is 37.8 Å². The van der Waals surface area contributed by atoms with Crippen molar-refractivity contribution in [1.82, 2.24) is 20.3 Å². The van der Waals surface area contributed by atoms with Crippen molar-refractivity contribution in [3.8, 4) is 0 Å². The Morgan fingerprint density at radius 2 is 1.62 bits per heavy atom. The lowest BCUT2D eigenvalue weighted by Crippen LogP contribution is -2.59. The molecule has 1 saturated heterocycles. The largest absolute Gasteiger partial charge is 0.357 e. The normalized spacial score (nSPS) is 19.8. The van der Waals surface area contributed by atoms with Crippen LogP contribution >= 0.6 is 24.0 Å². The van der Waals surface area contributed by atoms with Crippen LogP contribution in [0.2, 0.25) is 0 Å². The molecule has 0 atom stereocenters. The summed E-state index contributed by atoms with van der Waals surface area (Å²) in [5, 5.41) is 7.01. The summed E-state index contributed by atoms with van der Waals surface area (Å²) in [6.07, 6.45) is 10.5. The zero-order chi connectivity index (χ0) is 22.2. The molecule has 1 heterocycles. The maximum atomic E-state index is 11.9. The number of likely N-dealkylation sites (tertiary alicyclic amines) is 1. The third-order valence-electron chi connectivity index (χ3n) is 6.66. The minimum Gasteiger partial charge on any atom is -0.357 e. The second kappa shape index (κ2) is 13.1. The monoisotopic (exact) mass is 577 g/mol. The minimum atomic E-state index is -3.41. The summed E-state index contributed by atoms with van der Waals surface area (Å²) in [7, 11) is -1.99. The molecule has 2 aliphatic rings. The Morgan fingerprint density at radius 1 is 1.00 bits per heavy atom. The molecule has 182 valence electrons. The van der Waals surface area contributed by atoms with Crippen LogP contribution in [-0.2, 0) is 16.6 Å². The van der Waals surface area contributed by atoms with Gasteiger partial charge < -0.3 is 10.6 Å². The van der Waals surface area contributed by atoms with Crippen molar-refractivity contribution in [2.45, 2.75) is 75.3 Å². The predicted octanol–water partition coefficient (Wildman–Crippen LogP) is 3.46. The quantitative estimate of drug-likeness (QED) is 0.251. The van der Waals surface area contributed by atoms with Crippen LogP contribution in [0, 0.1) is 0 Å². The van der Waals surface area contributed by atoms with Gasteiger partial charge in [0.15, 0.2) is 5.96 Å². The van der Waals surface area contributed by atoms with Gasteiger partial charge >= 0.3 is 0 Å². The third-order valence-corrected chi connectivity index (χ3v) is 8.09. The molecule has 0 unspecified atom stereocenters. The number of halogens is 1.